The predicted molar refractivity (Wildman–Crippen MR) is 80.7 cm³/mol. The molecule has 2 aromatic carbocycles. The van der Waals surface area contributed by atoms with E-state index in [-0.39, 0.29) is 0 Å². The average Bonchev–Trinajstić information content (AvgIpc) is 2.36. The van der Waals surface area contributed by atoms with Gasteiger partial charge in [0.25, 0.3) is 0 Å². The summed E-state index contributed by atoms with van der Waals surface area (Å²) in [6.45, 7) is 4.06. The van der Waals surface area contributed by atoms with E-state index in [0.29, 0.717) is 5.75 Å². The van der Waals surface area contributed by atoms with E-state index in [2.05, 4.69) is 22.0 Å². The Morgan fingerprint density at radius 3 is 2.26 bits per heavy atom. The summed E-state index contributed by atoms with van der Waals surface area (Å²) in [5.41, 5.74) is 3.93. The first-order chi connectivity index (χ1) is 9.01. The molecule has 0 aliphatic rings. The third-order valence-corrected chi connectivity index (χ3v) is 3.54. The van der Waals surface area contributed by atoms with E-state index in [9.17, 15) is 5.11 Å². The highest BCUT2D eigenvalue weighted by Crippen LogP contribution is 2.32. The van der Waals surface area contributed by atoms with Crippen LogP contribution in [0.2, 0.25) is 0 Å². The molecule has 0 aliphatic heterocycles. The zero-order valence-corrected chi connectivity index (χ0v) is 12.9. The Kier molecular flexibility index (Phi) is 4.27. The number of hydrogen-bond acceptors (Lipinski definition) is 2. The number of methoxy groups -OCH3 is 1. The Balaban J connectivity index is 2.48. The fraction of sp³-hybridized carbons (Fsp3) is 0.250. The molecular formula is C16H17BrO2. The van der Waals surface area contributed by atoms with Gasteiger partial charge >= 0.3 is 0 Å². The van der Waals surface area contributed by atoms with Crippen LogP contribution in [0.25, 0.3) is 0 Å². The van der Waals surface area contributed by atoms with E-state index < -0.39 is 6.10 Å². The number of halogens is 1. The van der Waals surface area contributed by atoms with E-state index >= 15 is 0 Å². The smallest absolute Gasteiger partial charge is 0.125 e. The summed E-state index contributed by atoms with van der Waals surface area (Å²) in [6.07, 6.45) is -0.689. The number of rotatable bonds is 3. The highest BCUT2D eigenvalue weighted by Gasteiger charge is 2.16. The van der Waals surface area contributed by atoms with Crippen molar-refractivity contribution in [2.24, 2.45) is 0 Å². The van der Waals surface area contributed by atoms with Crippen molar-refractivity contribution in [3.8, 4) is 5.75 Å². The second kappa shape index (κ2) is 5.76. The van der Waals surface area contributed by atoms with E-state index in [0.717, 1.165) is 26.7 Å². The molecule has 0 aliphatic carbocycles. The van der Waals surface area contributed by atoms with E-state index in [1.165, 1.54) is 0 Å². The van der Waals surface area contributed by atoms with Crippen LogP contribution in [0, 0.1) is 13.8 Å². The summed E-state index contributed by atoms with van der Waals surface area (Å²) in [4.78, 5) is 0. The van der Waals surface area contributed by atoms with Crippen molar-refractivity contribution in [2.75, 3.05) is 7.11 Å². The molecule has 1 unspecified atom stereocenters. The minimum atomic E-state index is -0.689. The van der Waals surface area contributed by atoms with Crippen molar-refractivity contribution in [1.82, 2.24) is 0 Å². The second-order valence-electron chi connectivity index (χ2n) is 4.71. The minimum absolute atomic E-state index is 0.689. The third-order valence-electron chi connectivity index (χ3n) is 3.05. The average molecular weight is 321 g/mol. The number of aliphatic hydroxyl groups excluding tert-OH is 1. The maximum atomic E-state index is 10.6. The topological polar surface area (TPSA) is 29.5 Å². The van der Waals surface area contributed by atoms with Gasteiger partial charge in [0.2, 0.25) is 0 Å². The maximum absolute atomic E-state index is 10.6. The predicted octanol–water partition coefficient (Wildman–Crippen LogP) is 4.16. The SMILES string of the molecule is COc1ccc(Br)cc1C(O)c1cc(C)cc(C)c1. The van der Waals surface area contributed by atoms with Gasteiger partial charge in [0.05, 0.1) is 7.11 Å². The highest BCUT2D eigenvalue weighted by atomic mass is 79.9. The molecule has 0 saturated carbocycles. The highest BCUT2D eigenvalue weighted by molar-refractivity contribution is 9.10. The van der Waals surface area contributed by atoms with Crippen LogP contribution in [0.1, 0.15) is 28.4 Å². The summed E-state index contributed by atoms with van der Waals surface area (Å²) in [6, 6.07) is 11.7. The molecule has 0 saturated heterocycles. The summed E-state index contributed by atoms with van der Waals surface area (Å²) >= 11 is 3.43. The largest absolute Gasteiger partial charge is 0.496 e. The summed E-state index contributed by atoms with van der Waals surface area (Å²) in [5.74, 6) is 0.690. The van der Waals surface area contributed by atoms with Crippen LogP contribution in [-0.2, 0) is 0 Å². The van der Waals surface area contributed by atoms with Crippen molar-refractivity contribution in [3.05, 3.63) is 63.1 Å². The van der Waals surface area contributed by atoms with E-state index in [1.807, 2.05) is 44.2 Å². The van der Waals surface area contributed by atoms with Gasteiger partial charge in [-0.1, -0.05) is 45.3 Å². The third kappa shape index (κ3) is 3.17. The molecule has 0 spiro atoms. The lowest BCUT2D eigenvalue weighted by atomic mass is 9.97. The molecule has 2 aromatic rings. The Morgan fingerprint density at radius 2 is 1.68 bits per heavy atom. The minimum Gasteiger partial charge on any atom is -0.496 e. The summed E-state index contributed by atoms with van der Waals surface area (Å²) in [7, 11) is 1.61. The Morgan fingerprint density at radius 1 is 1.05 bits per heavy atom. The van der Waals surface area contributed by atoms with Gasteiger partial charge in [0.15, 0.2) is 0 Å². The van der Waals surface area contributed by atoms with Crippen molar-refractivity contribution < 1.29 is 9.84 Å². The lowest BCUT2D eigenvalue weighted by Crippen LogP contribution is -2.03. The number of ether oxygens (including phenoxy) is 1. The second-order valence-corrected chi connectivity index (χ2v) is 5.63. The van der Waals surface area contributed by atoms with Gasteiger partial charge in [-0.05, 0) is 37.6 Å². The molecule has 2 nitrogen and oxygen atoms in total. The molecular weight excluding hydrogens is 304 g/mol. The molecule has 3 heteroatoms. The van der Waals surface area contributed by atoms with Gasteiger partial charge in [-0.15, -0.1) is 0 Å². The lowest BCUT2D eigenvalue weighted by molar-refractivity contribution is 0.214. The molecule has 0 aromatic heterocycles. The van der Waals surface area contributed by atoms with Gasteiger partial charge in [-0.3, -0.25) is 0 Å². The number of aliphatic hydroxyl groups is 1. The molecule has 0 radical (unpaired) electrons. The molecule has 100 valence electrons. The Labute approximate surface area is 122 Å². The van der Waals surface area contributed by atoms with E-state index in [1.54, 1.807) is 7.11 Å². The summed E-state index contributed by atoms with van der Waals surface area (Å²) in [5, 5.41) is 10.6. The normalized spacial score (nSPS) is 12.3. The molecule has 0 fully saturated rings. The molecule has 2 rings (SSSR count). The molecule has 1 atom stereocenters. The van der Waals surface area contributed by atoms with Crippen LogP contribution in [0.15, 0.2) is 40.9 Å². The molecule has 1 N–H and O–H groups in total. The monoisotopic (exact) mass is 320 g/mol. The van der Waals surface area contributed by atoms with Crippen LogP contribution in [-0.4, -0.2) is 12.2 Å². The van der Waals surface area contributed by atoms with Crippen molar-refractivity contribution in [3.63, 3.8) is 0 Å². The van der Waals surface area contributed by atoms with Crippen molar-refractivity contribution >= 4 is 15.9 Å². The van der Waals surface area contributed by atoms with Gasteiger partial charge in [0.1, 0.15) is 11.9 Å². The summed E-state index contributed by atoms with van der Waals surface area (Å²) < 4.78 is 6.25. The zero-order valence-electron chi connectivity index (χ0n) is 11.3. The van der Waals surface area contributed by atoms with Crippen LogP contribution in [0.5, 0.6) is 5.75 Å². The van der Waals surface area contributed by atoms with E-state index in [4.69, 9.17) is 4.74 Å². The van der Waals surface area contributed by atoms with Crippen molar-refractivity contribution in [1.29, 1.82) is 0 Å². The number of hydrogen-bond donors (Lipinski definition) is 1. The number of benzene rings is 2. The van der Waals surface area contributed by atoms with Crippen LogP contribution < -0.4 is 4.74 Å². The molecule has 0 bridgehead atoms. The van der Waals surface area contributed by atoms with Gasteiger partial charge in [0, 0.05) is 10.0 Å². The Bertz CT molecular complexity index is 573. The standard InChI is InChI=1S/C16H17BrO2/c1-10-6-11(2)8-12(7-10)16(18)14-9-13(17)4-5-15(14)19-3/h4-9,16,18H,1-3H3. The Hall–Kier alpha value is -1.32. The molecule has 0 amide bonds. The van der Waals surface area contributed by atoms with Crippen LogP contribution >= 0.6 is 15.9 Å². The van der Waals surface area contributed by atoms with Crippen molar-refractivity contribution in [2.45, 2.75) is 20.0 Å². The van der Waals surface area contributed by atoms with Crippen LogP contribution in [0.4, 0.5) is 0 Å². The lowest BCUT2D eigenvalue weighted by Gasteiger charge is -2.16. The van der Waals surface area contributed by atoms with Gasteiger partial charge in [-0.2, -0.15) is 0 Å². The van der Waals surface area contributed by atoms with Crippen LogP contribution in [0.3, 0.4) is 0 Å². The quantitative estimate of drug-likeness (QED) is 0.920. The first-order valence-electron chi connectivity index (χ1n) is 6.11. The first kappa shape index (κ1) is 14.1. The fourth-order valence-electron chi connectivity index (χ4n) is 2.27. The fourth-order valence-corrected chi connectivity index (χ4v) is 2.65. The maximum Gasteiger partial charge on any atom is 0.125 e. The number of aryl methyl sites for hydroxylation is 2. The first-order valence-corrected chi connectivity index (χ1v) is 6.90. The molecule has 0 heterocycles. The molecule has 19 heavy (non-hydrogen) atoms. The van der Waals surface area contributed by atoms with Gasteiger partial charge in [-0.25, -0.2) is 0 Å². The zero-order chi connectivity index (χ0) is 14.0. The van der Waals surface area contributed by atoms with Gasteiger partial charge < -0.3 is 9.84 Å².